The average molecular weight is 569 g/mol. The van der Waals surface area contributed by atoms with Gasteiger partial charge in [0.15, 0.2) is 7.14 Å². The first-order valence-corrected chi connectivity index (χ1v) is 15.6. The highest BCUT2D eigenvalue weighted by Crippen LogP contribution is 2.42. The van der Waals surface area contributed by atoms with E-state index in [-0.39, 0.29) is 12.7 Å². The van der Waals surface area contributed by atoms with Gasteiger partial charge in [0, 0.05) is 17.0 Å². The Morgan fingerprint density at radius 1 is 0.732 bits per heavy atom. The van der Waals surface area contributed by atoms with Crippen LogP contribution in [0.4, 0.5) is 0 Å². The van der Waals surface area contributed by atoms with E-state index in [4.69, 9.17) is 4.74 Å². The molecule has 0 fully saturated rings. The van der Waals surface area contributed by atoms with Gasteiger partial charge in [-0.1, -0.05) is 121 Å². The Morgan fingerprint density at radius 3 is 1.68 bits per heavy atom. The molecule has 0 aliphatic heterocycles. The van der Waals surface area contributed by atoms with E-state index in [2.05, 4.69) is 10.6 Å². The van der Waals surface area contributed by atoms with Crippen LogP contribution in [-0.4, -0.2) is 29.8 Å². The van der Waals surface area contributed by atoms with Crippen LogP contribution >= 0.6 is 7.14 Å². The van der Waals surface area contributed by atoms with Crippen LogP contribution < -0.4 is 21.2 Å². The summed E-state index contributed by atoms with van der Waals surface area (Å²) in [6.07, 6.45) is 0.319. The Kier molecular flexibility index (Phi) is 9.93. The smallest absolute Gasteiger partial charge is 0.329 e. The molecule has 0 radical (unpaired) electrons. The second-order valence-electron chi connectivity index (χ2n) is 10.9. The minimum Gasteiger partial charge on any atom is -0.458 e. The second kappa shape index (κ2) is 13.6. The Bertz CT molecular complexity index is 1410. The first-order valence-electron chi connectivity index (χ1n) is 13.7. The number of hydrogen-bond acceptors (Lipinski definition) is 5. The lowest BCUT2D eigenvalue weighted by atomic mass is 10.0. The summed E-state index contributed by atoms with van der Waals surface area (Å²) < 4.78 is 20.3. The van der Waals surface area contributed by atoms with Gasteiger partial charge in [0.1, 0.15) is 17.7 Å². The van der Waals surface area contributed by atoms with Gasteiger partial charge < -0.3 is 14.6 Å². The van der Waals surface area contributed by atoms with Crippen molar-refractivity contribution in [1.82, 2.24) is 10.6 Å². The molecule has 0 saturated carbocycles. The largest absolute Gasteiger partial charge is 0.458 e. The van der Waals surface area contributed by atoms with Gasteiger partial charge in [0.05, 0.1) is 6.29 Å². The maximum atomic E-state index is 14.6. The number of carbonyl (C=O) groups excluding carboxylic acids is 2. The van der Waals surface area contributed by atoms with Crippen molar-refractivity contribution in [2.45, 2.75) is 44.9 Å². The van der Waals surface area contributed by atoms with Crippen molar-refractivity contribution in [3.8, 4) is 0 Å². The molecule has 41 heavy (non-hydrogen) atoms. The average Bonchev–Trinajstić information content (AvgIpc) is 2.98. The molecule has 4 aromatic carbocycles. The van der Waals surface area contributed by atoms with Gasteiger partial charge in [0.2, 0.25) is 5.91 Å². The number of nitrogens with one attached hydrogen (secondary N) is 2. The molecule has 6 nitrogen and oxygen atoms in total. The Morgan fingerprint density at radius 2 is 1.20 bits per heavy atom. The molecular formula is C34H37N2O4P. The topological polar surface area (TPSA) is 84.5 Å². The van der Waals surface area contributed by atoms with E-state index in [9.17, 15) is 14.2 Å². The number of esters is 1. The molecule has 4 rings (SSSR count). The zero-order chi connectivity index (χ0) is 29.3. The first kappa shape index (κ1) is 30.0. The Labute approximate surface area is 242 Å². The van der Waals surface area contributed by atoms with Gasteiger partial charge >= 0.3 is 5.97 Å². The van der Waals surface area contributed by atoms with Gasteiger partial charge in [-0.15, -0.1) is 0 Å². The van der Waals surface area contributed by atoms with Crippen molar-refractivity contribution >= 4 is 29.6 Å². The van der Waals surface area contributed by atoms with Crippen LogP contribution in [0.5, 0.6) is 0 Å². The number of hydrogen-bond donors (Lipinski definition) is 2. The monoisotopic (exact) mass is 568 g/mol. The maximum absolute atomic E-state index is 14.6. The molecule has 0 aliphatic carbocycles. The van der Waals surface area contributed by atoms with Gasteiger partial charge in [-0.25, -0.2) is 4.79 Å². The summed E-state index contributed by atoms with van der Waals surface area (Å²) in [6.45, 7) is 5.39. The van der Waals surface area contributed by atoms with Crippen LogP contribution in [0.25, 0.3) is 0 Å². The lowest BCUT2D eigenvalue weighted by Crippen LogP contribution is -2.49. The van der Waals surface area contributed by atoms with Crippen LogP contribution in [0.15, 0.2) is 121 Å². The molecule has 1 amide bonds. The van der Waals surface area contributed by atoms with E-state index in [1.807, 2.05) is 121 Å². The van der Waals surface area contributed by atoms with Crippen LogP contribution in [0.3, 0.4) is 0 Å². The minimum atomic E-state index is -3.16. The van der Waals surface area contributed by atoms with Gasteiger partial charge in [-0.3, -0.25) is 10.1 Å². The minimum absolute atomic E-state index is 0.0454. The summed E-state index contributed by atoms with van der Waals surface area (Å²) in [6, 6.07) is 35.6. The van der Waals surface area contributed by atoms with E-state index in [1.165, 1.54) is 0 Å². The molecule has 0 spiro atoms. The summed E-state index contributed by atoms with van der Waals surface area (Å²) >= 11 is 0. The second-order valence-corrected chi connectivity index (χ2v) is 13.7. The lowest BCUT2D eigenvalue weighted by molar-refractivity contribution is -0.158. The van der Waals surface area contributed by atoms with E-state index in [1.54, 1.807) is 20.8 Å². The molecule has 7 heteroatoms. The summed E-state index contributed by atoms with van der Waals surface area (Å²) in [5.41, 5.74) is 0.872. The molecule has 0 saturated heterocycles. The van der Waals surface area contributed by atoms with Crippen LogP contribution in [-0.2, 0) is 25.3 Å². The first-order chi connectivity index (χ1) is 19.7. The molecule has 0 aromatic heterocycles. The van der Waals surface area contributed by atoms with Crippen molar-refractivity contribution in [2.24, 2.45) is 0 Å². The molecule has 0 unspecified atom stereocenters. The molecule has 212 valence electrons. The predicted molar refractivity (Wildman–Crippen MR) is 165 cm³/mol. The van der Waals surface area contributed by atoms with Crippen molar-refractivity contribution in [3.05, 3.63) is 132 Å². The maximum Gasteiger partial charge on any atom is 0.329 e. The number of rotatable bonds is 11. The van der Waals surface area contributed by atoms with Crippen molar-refractivity contribution in [2.75, 3.05) is 6.29 Å². The van der Waals surface area contributed by atoms with E-state index in [0.29, 0.717) is 16.2 Å². The third-order valence-electron chi connectivity index (χ3n) is 6.55. The number of amides is 1. The van der Waals surface area contributed by atoms with E-state index < -0.39 is 36.7 Å². The van der Waals surface area contributed by atoms with Gasteiger partial charge in [-0.2, -0.15) is 0 Å². The van der Waals surface area contributed by atoms with Crippen LogP contribution in [0, 0.1) is 0 Å². The summed E-state index contributed by atoms with van der Waals surface area (Å²) in [4.78, 5) is 27.2. The van der Waals surface area contributed by atoms with Crippen LogP contribution in [0.1, 0.15) is 37.9 Å². The standard InChI is InChI=1S/C34H37N2O4P/c1-34(2,3)40-33(38)30(24-26-16-8-4-9-17-26)36-32(37)31(27-18-10-5-11-19-27)35-25-41(39,28-20-12-6-13-21-28)29-22-14-7-15-23-29/h4-23,30-31,35H,24-25H2,1-3H3,(H,36,37)/t30-,31+/m0/s1. The summed E-state index contributed by atoms with van der Waals surface area (Å²) in [5.74, 6) is -0.920. The van der Waals surface area contributed by atoms with Gasteiger partial charge in [-0.05, 0) is 31.9 Å². The van der Waals surface area contributed by atoms with Gasteiger partial charge in [0.25, 0.3) is 0 Å². The highest BCUT2D eigenvalue weighted by molar-refractivity contribution is 7.78. The summed E-state index contributed by atoms with van der Waals surface area (Å²) in [5, 5.41) is 7.63. The zero-order valence-corrected chi connectivity index (χ0v) is 24.6. The number of carbonyl (C=O) groups is 2. The molecule has 2 N–H and O–H groups in total. The Balaban J connectivity index is 1.64. The fraction of sp³-hybridized carbons (Fsp3) is 0.235. The van der Waals surface area contributed by atoms with Crippen molar-refractivity contribution in [1.29, 1.82) is 0 Å². The zero-order valence-electron chi connectivity index (χ0n) is 23.7. The molecule has 0 bridgehead atoms. The highest BCUT2D eigenvalue weighted by atomic mass is 31.2. The third-order valence-corrected chi connectivity index (χ3v) is 9.44. The number of benzene rings is 4. The van der Waals surface area contributed by atoms with Crippen LogP contribution in [0.2, 0.25) is 0 Å². The third kappa shape index (κ3) is 8.26. The molecular weight excluding hydrogens is 531 g/mol. The van der Waals surface area contributed by atoms with E-state index >= 15 is 0 Å². The Hall–Kier alpha value is -3.99. The van der Waals surface area contributed by atoms with Crippen molar-refractivity contribution < 1.29 is 18.9 Å². The predicted octanol–water partition coefficient (Wildman–Crippen LogP) is 5.36. The van der Waals surface area contributed by atoms with E-state index in [0.717, 1.165) is 5.56 Å². The SMILES string of the molecule is CC(C)(C)OC(=O)[C@H](Cc1ccccc1)NC(=O)[C@H](NCP(=O)(c1ccccc1)c1ccccc1)c1ccccc1. The van der Waals surface area contributed by atoms with Crippen molar-refractivity contribution in [3.63, 3.8) is 0 Å². The normalized spacial score (nSPS) is 13.1. The number of ether oxygens (including phenoxy) is 1. The highest BCUT2D eigenvalue weighted by Gasteiger charge is 2.33. The molecule has 0 aliphatic rings. The summed E-state index contributed by atoms with van der Waals surface area (Å²) in [7, 11) is -3.16. The molecule has 2 atom stereocenters. The fourth-order valence-electron chi connectivity index (χ4n) is 4.57. The fourth-order valence-corrected chi connectivity index (χ4v) is 6.98. The molecule has 4 aromatic rings. The quantitative estimate of drug-likeness (QED) is 0.188. The molecule has 0 heterocycles. The lowest BCUT2D eigenvalue weighted by Gasteiger charge is -2.28.